The molecular formula is C13H18ClN2+. The monoisotopic (exact) mass is 237 g/mol. The Balaban J connectivity index is 2.30. The minimum absolute atomic E-state index is 0.0691. The van der Waals surface area contributed by atoms with E-state index in [0.717, 1.165) is 6.54 Å². The van der Waals surface area contributed by atoms with Crippen molar-refractivity contribution in [2.45, 2.75) is 13.8 Å². The lowest BCUT2D eigenvalue weighted by Gasteiger charge is -2.27. The first-order chi connectivity index (χ1) is 7.50. The Morgan fingerprint density at radius 1 is 1.31 bits per heavy atom. The summed E-state index contributed by atoms with van der Waals surface area (Å²) in [6.45, 7) is 5.30. The Hall–Kier alpha value is -0.830. The number of fused-ring (bicyclic) bond motifs is 1. The van der Waals surface area contributed by atoms with Gasteiger partial charge in [-0.2, -0.15) is 0 Å². The molecule has 0 amide bonds. The van der Waals surface area contributed by atoms with E-state index in [1.54, 1.807) is 4.42 Å². The van der Waals surface area contributed by atoms with E-state index in [1.807, 2.05) is 7.05 Å². The van der Waals surface area contributed by atoms with Crippen molar-refractivity contribution in [1.82, 2.24) is 4.42 Å². The van der Waals surface area contributed by atoms with Gasteiger partial charge in [0.05, 0.1) is 0 Å². The van der Waals surface area contributed by atoms with Gasteiger partial charge < -0.3 is 0 Å². The highest BCUT2D eigenvalue weighted by atomic mass is 35.5. The number of hydrogen-bond donors (Lipinski definition) is 1. The molecule has 2 rings (SSSR count). The topological polar surface area (TPSA) is 19.9 Å². The molecule has 0 saturated heterocycles. The SMILES string of the molecule is CN(Cl)CC(C)(C)C1=C[NH2+]c2ccccc21. The largest absolute Gasteiger partial charge is 0.287 e. The highest BCUT2D eigenvalue weighted by Gasteiger charge is 2.32. The predicted octanol–water partition coefficient (Wildman–Crippen LogP) is 2.35. The van der Waals surface area contributed by atoms with Crippen LogP contribution in [0, 0.1) is 5.41 Å². The van der Waals surface area contributed by atoms with Gasteiger partial charge in [0, 0.05) is 36.2 Å². The summed E-state index contributed by atoms with van der Waals surface area (Å²) in [6, 6.07) is 8.50. The Kier molecular flexibility index (Phi) is 3.06. The Labute approximate surface area is 102 Å². The Morgan fingerprint density at radius 2 is 2.00 bits per heavy atom. The minimum atomic E-state index is 0.0691. The van der Waals surface area contributed by atoms with Crippen LogP contribution in [-0.2, 0) is 0 Å². The lowest BCUT2D eigenvalue weighted by atomic mass is 9.81. The summed E-state index contributed by atoms with van der Waals surface area (Å²) >= 11 is 5.96. The molecule has 1 heterocycles. The van der Waals surface area contributed by atoms with Crippen molar-refractivity contribution in [2.24, 2.45) is 5.41 Å². The lowest BCUT2D eigenvalue weighted by molar-refractivity contribution is -0.492. The van der Waals surface area contributed by atoms with Crippen LogP contribution in [0.15, 0.2) is 30.5 Å². The van der Waals surface area contributed by atoms with Crippen LogP contribution in [0.4, 0.5) is 5.69 Å². The summed E-state index contributed by atoms with van der Waals surface area (Å²) < 4.78 is 1.72. The first-order valence-electron chi connectivity index (χ1n) is 5.52. The second-order valence-electron chi connectivity index (χ2n) is 4.98. The van der Waals surface area contributed by atoms with E-state index in [4.69, 9.17) is 11.8 Å². The Morgan fingerprint density at radius 3 is 2.69 bits per heavy atom. The number of nitrogens with two attached hydrogens (primary N) is 1. The molecule has 16 heavy (non-hydrogen) atoms. The molecule has 3 heteroatoms. The smallest absolute Gasteiger partial charge is 0.141 e. The van der Waals surface area contributed by atoms with Crippen LogP contribution in [0.1, 0.15) is 19.4 Å². The number of hydrogen-bond acceptors (Lipinski definition) is 1. The normalized spacial score (nSPS) is 15.2. The molecule has 1 aliphatic heterocycles. The van der Waals surface area contributed by atoms with E-state index in [2.05, 4.69) is 49.6 Å². The molecule has 1 aromatic carbocycles. The van der Waals surface area contributed by atoms with E-state index in [0.29, 0.717) is 0 Å². The molecule has 0 bridgehead atoms. The summed E-state index contributed by atoms with van der Waals surface area (Å²) in [5.74, 6) is 0. The van der Waals surface area contributed by atoms with Crippen LogP contribution in [0.25, 0.3) is 5.57 Å². The summed E-state index contributed by atoms with van der Waals surface area (Å²) in [5, 5.41) is 2.18. The van der Waals surface area contributed by atoms with Crippen molar-refractivity contribution >= 4 is 23.0 Å². The third-order valence-corrected chi connectivity index (χ3v) is 3.14. The van der Waals surface area contributed by atoms with E-state index in [9.17, 15) is 0 Å². The van der Waals surface area contributed by atoms with Crippen molar-refractivity contribution < 1.29 is 5.32 Å². The highest BCUT2D eigenvalue weighted by molar-refractivity contribution is 6.13. The van der Waals surface area contributed by atoms with E-state index >= 15 is 0 Å². The average molecular weight is 238 g/mol. The van der Waals surface area contributed by atoms with E-state index in [1.165, 1.54) is 16.8 Å². The third-order valence-electron chi connectivity index (χ3n) is 3.02. The summed E-state index contributed by atoms with van der Waals surface area (Å²) in [5.41, 5.74) is 4.09. The zero-order valence-corrected chi connectivity index (χ0v) is 10.8. The number of quaternary nitrogens is 1. The lowest BCUT2D eigenvalue weighted by Crippen LogP contribution is -2.69. The quantitative estimate of drug-likeness (QED) is 0.632. The average Bonchev–Trinajstić information content (AvgIpc) is 2.59. The first kappa shape index (κ1) is 11.6. The van der Waals surface area contributed by atoms with Crippen LogP contribution in [0.3, 0.4) is 0 Å². The maximum Gasteiger partial charge on any atom is 0.141 e. The fourth-order valence-corrected chi connectivity index (χ4v) is 2.67. The van der Waals surface area contributed by atoms with Crippen molar-refractivity contribution in [2.75, 3.05) is 13.6 Å². The molecule has 1 aromatic rings. The first-order valence-corrected chi connectivity index (χ1v) is 5.86. The van der Waals surface area contributed by atoms with Gasteiger partial charge in [-0.1, -0.05) is 26.0 Å². The van der Waals surface area contributed by atoms with Gasteiger partial charge in [0.2, 0.25) is 0 Å². The molecular weight excluding hydrogens is 220 g/mol. The van der Waals surface area contributed by atoms with Crippen molar-refractivity contribution in [1.29, 1.82) is 0 Å². The maximum absolute atomic E-state index is 5.96. The number of halogens is 1. The molecule has 0 saturated carbocycles. The third kappa shape index (κ3) is 2.14. The van der Waals surface area contributed by atoms with Crippen LogP contribution in [-0.4, -0.2) is 18.0 Å². The van der Waals surface area contributed by atoms with Crippen molar-refractivity contribution in [3.63, 3.8) is 0 Å². The molecule has 0 radical (unpaired) electrons. The van der Waals surface area contributed by atoms with Gasteiger partial charge in [0.1, 0.15) is 11.9 Å². The molecule has 2 N–H and O–H groups in total. The molecule has 0 fully saturated rings. The molecule has 1 aliphatic rings. The zero-order valence-electron chi connectivity index (χ0n) is 10.00. The molecule has 0 unspecified atom stereocenters. The van der Waals surface area contributed by atoms with Crippen LogP contribution < -0.4 is 5.32 Å². The molecule has 0 aliphatic carbocycles. The zero-order chi connectivity index (χ0) is 11.8. The van der Waals surface area contributed by atoms with Crippen LogP contribution in [0.5, 0.6) is 0 Å². The van der Waals surface area contributed by atoms with Gasteiger partial charge in [0.15, 0.2) is 0 Å². The van der Waals surface area contributed by atoms with Gasteiger partial charge in [-0.3, -0.25) is 5.32 Å². The minimum Gasteiger partial charge on any atom is -0.287 e. The highest BCUT2D eigenvalue weighted by Crippen LogP contribution is 2.38. The summed E-state index contributed by atoms with van der Waals surface area (Å²) in [4.78, 5) is 0. The van der Waals surface area contributed by atoms with Gasteiger partial charge in [-0.15, -0.1) is 0 Å². The number of para-hydroxylation sites is 1. The molecule has 86 valence electrons. The van der Waals surface area contributed by atoms with Crippen molar-refractivity contribution in [3.05, 3.63) is 36.0 Å². The van der Waals surface area contributed by atoms with E-state index < -0.39 is 0 Å². The summed E-state index contributed by atoms with van der Waals surface area (Å²) in [7, 11) is 1.90. The number of nitrogens with zero attached hydrogens (tertiary/aromatic N) is 1. The number of rotatable bonds is 3. The van der Waals surface area contributed by atoms with E-state index in [-0.39, 0.29) is 5.41 Å². The fraction of sp³-hybridized carbons (Fsp3) is 0.385. The second-order valence-corrected chi connectivity index (χ2v) is 5.56. The molecule has 0 aromatic heterocycles. The van der Waals surface area contributed by atoms with Gasteiger partial charge >= 0.3 is 0 Å². The Bertz CT molecular complexity index is 422. The maximum atomic E-state index is 5.96. The molecule has 0 atom stereocenters. The standard InChI is InChI=1S/C13H17ClN2/c1-13(2,9-16(3)14)11-8-15-12-7-5-4-6-10(11)12/h4-8,15H,9H2,1-3H3/p+1. The van der Waals surface area contributed by atoms with Crippen molar-refractivity contribution in [3.8, 4) is 0 Å². The fourth-order valence-electron chi connectivity index (χ4n) is 2.37. The number of benzene rings is 1. The van der Waals surface area contributed by atoms with Crippen LogP contribution >= 0.6 is 11.8 Å². The molecule has 2 nitrogen and oxygen atoms in total. The van der Waals surface area contributed by atoms with Gasteiger partial charge in [-0.05, 0) is 17.8 Å². The second kappa shape index (κ2) is 4.21. The van der Waals surface area contributed by atoms with Gasteiger partial charge in [0.25, 0.3) is 0 Å². The van der Waals surface area contributed by atoms with Gasteiger partial charge in [-0.25, -0.2) is 4.42 Å². The summed E-state index contributed by atoms with van der Waals surface area (Å²) in [6.07, 6.45) is 2.21. The van der Waals surface area contributed by atoms with Crippen LogP contribution in [0.2, 0.25) is 0 Å². The predicted molar refractivity (Wildman–Crippen MR) is 68.3 cm³/mol. The molecule has 0 spiro atoms.